The highest BCUT2D eigenvalue weighted by Gasteiger charge is 2.04. The van der Waals surface area contributed by atoms with Crippen LogP contribution in [-0.2, 0) is 13.0 Å². The molecule has 0 aliphatic heterocycles. The SMILES string of the molecule is COc1ccc(CNC(=S)NCCc2cc(C)ccc2OC)cc1. The number of ether oxygens (including phenoxy) is 2. The van der Waals surface area contributed by atoms with Gasteiger partial charge in [0.15, 0.2) is 5.11 Å². The molecule has 2 N–H and O–H groups in total. The number of aryl methyl sites for hydroxylation is 1. The van der Waals surface area contributed by atoms with Gasteiger partial charge in [-0.25, -0.2) is 0 Å². The summed E-state index contributed by atoms with van der Waals surface area (Å²) in [5.41, 5.74) is 3.56. The van der Waals surface area contributed by atoms with Crippen LogP contribution in [0.3, 0.4) is 0 Å². The highest BCUT2D eigenvalue weighted by molar-refractivity contribution is 7.80. The first-order valence-corrected chi connectivity index (χ1v) is 8.31. The van der Waals surface area contributed by atoms with Crippen LogP contribution in [0.4, 0.5) is 0 Å². The zero-order chi connectivity index (χ0) is 17.4. The van der Waals surface area contributed by atoms with Crippen molar-refractivity contribution in [1.29, 1.82) is 0 Å². The predicted octanol–water partition coefficient (Wildman–Crippen LogP) is 3.22. The Morgan fingerprint density at radius 2 is 1.75 bits per heavy atom. The highest BCUT2D eigenvalue weighted by atomic mass is 32.1. The Kier molecular flexibility index (Phi) is 6.88. The molecule has 0 unspecified atom stereocenters. The van der Waals surface area contributed by atoms with E-state index in [4.69, 9.17) is 21.7 Å². The molecule has 2 aromatic carbocycles. The Morgan fingerprint density at radius 1 is 1.00 bits per heavy atom. The molecule has 0 heterocycles. The van der Waals surface area contributed by atoms with Gasteiger partial charge in [-0.1, -0.05) is 29.8 Å². The van der Waals surface area contributed by atoms with Gasteiger partial charge in [0, 0.05) is 13.1 Å². The van der Waals surface area contributed by atoms with Crippen molar-refractivity contribution in [3.8, 4) is 11.5 Å². The van der Waals surface area contributed by atoms with Gasteiger partial charge in [-0.2, -0.15) is 0 Å². The van der Waals surface area contributed by atoms with Crippen molar-refractivity contribution in [2.24, 2.45) is 0 Å². The number of nitrogens with one attached hydrogen (secondary N) is 2. The van der Waals surface area contributed by atoms with Crippen molar-refractivity contribution in [3.63, 3.8) is 0 Å². The maximum absolute atomic E-state index is 5.40. The van der Waals surface area contributed by atoms with Crippen LogP contribution in [0.2, 0.25) is 0 Å². The lowest BCUT2D eigenvalue weighted by Gasteiger charge is -2.13. The molecule has 0 aliphatic rings. The van der Waals surface area contributed by atoms with Gasteiger partial charge < -0.3 is 20.1 Å². The number of hydrogen-bond donors (Lipinski definition) is 2. The maximum atomic E-state index is 5.40. The van der Waals surface area contributed by atoms with Crippen molar-refractivity contribution in [3.05, 3.63) is 59.2 Å². The maximum Gasteiger partial charge on any atom is 0.166 e. The molecule has 5 heteroatoms. The predicted molar refractivity (Wildman–Crippen MR) is 102 cm³/mol. The summed E-state index contributed by atoms with van der Waals surface area (Å²) < 4.78 is 10.5. The van der Waals surface area contributed by atoms with Gasteiger partial charge in [-0.3, -0.25) is 0 Å². The van der Waals surface area contributed by atoms with E-state index in [9.17, 15) is 0 Å². The number of thiocarbonyl (C=S) groups is 1. The molecule has 0 bridgehead atoms. The van der Waals surface area contributed by atoms with E-state index in [1.165, 1.54) is 11.1 Å². The minimum atomic E-state index is 0.650. The monoisotopic (exact) mass is 344 g/mol. The fourth-order valence-electron chi connectivity index (χ4n) is 2.40. The molecule has 0 saturated carbocycles. The van der Waals surface area contributed by atoms with Crippen molar-refractivity contribution in [2.45, 2.75) is 19.9 Å². The fourth-order valence-corrected chi connectivity index (χ4v) is 2.58. The first-order valence-electron chi connectivity index (χ1n) is 7.90. The first kappa shape index (κ1) is 18.1. The molecule has 128 valence electrons. The van der Waals surface area contributed by atoms with Crippen LogP contribution in [0.25, 0.3) is 0 Å². The molecular weight excluding hydrogens is 320 g/mol. The summed E-state index contributed by atoms with van der Waals surface area (Å²) >= 11 is 5.33. The lowest BCUT2D eigenvalue weighted by molar-refractivity contribution is 0.409. The summed E-state index contributed by atoms with van der Waals surface area (Å²) in [6.07, 6.45) is 0.856. The van der Waals surface area contributed by atoms with Crippen molar-refractivity contribution < 1.29 is 9.47 Å². The highest BCUT2D eigenvalue weighted by Crippen LogP contribution is 2.19. The van der Waals surface area contributed by atoms with Crippen LogP contribution in [-0.4, -0.2) is 25.9 Å². The molecule has 0 amide bonds. The van der Waals surface area contributed by atoms with E-state index in [1.807, 2.05) is 30.3 Å². The van der Waals surface area contributed by atoms with E-state index in [-0.39, 0.29) is 0 Å². The normalized spacial score (nSPS) is 10.1. The minimum absolute atomic E-state index is 0.650. The molecule has 0 aliphatic carbocycles. The van der Waals surface area contributed by atoms with Crippen LogP contribution in [0.5, 0.6) is 11.5 Å². The van der Waals surface area contributed by atoms with E-state index in [0.717, 1.165) is 30.0 Å². The second-order valence-corrected chi connectivity index (χ2v) is 5.93. The van der Waals surface area contributed by atoms with Crippen molar-refractivity contribution >= 4 is 17.3 Å². The van der Waals surface area contributed by atoms with Crippen molar-refractivity contribution in [1.82, 2.24) is 10.6 Å². The van der Waals surface area contributed by atoms with Gasteiger partial charge in [0.05, 0.1) is 14.2 Å². The molecule has 4 nitrogen and oxygen atoms in total. The van der Waals surface area contributed by atoms with Gasteiger partial charge in [0.2, 0.25) is 0 Å². The fraction of sp³-hybridized carbons (Fsp3) is 0.316. The topological polar surface area (TPSA) is 42.5 Å². The quantitative estimate of drug-likeness (QED) is 0.755. The van der Waals surface area contributed by atoms with Gasteiger partial charge in [-0.15, -0.1) is 0 Å². The molecular formula is C19H24N2O2S. The van der Waals surface area contributed by atoms with E-state index in [0.29, 0.717) is 11.7 Å². The van der Waals surface area contributed by atoms with E-state index in [2.05, 4.69) is 29.7 Å². The average molecular weight is 344 g/mol. The smallest absolute Gasteiger partial charge is 0.166 e. The summed E-state index contributed by atoms with van der Waals surface area (Å²) in [6.45, 7) is 3.52. The van der Waals surface area contributed by atoms with Gasteiger partial charge in [-0.05, 0) is 54.9 Å². The van der Waals surface area contributed by atoms with Crippen LogP contribution < -0.4 is 20.1 Å². The summed E-state index contributed by atoms with van der Waals surface area (Å²) in [4.78, 5) is 0. The molecule has 2 rings (SSSR count). The third-order valence-electron chi connectivity index (χ3n) is 3.73. The molecule has 0 fully saturated rings. The summed E-state index contributed by atoms with van der Waals surface area (Å²) in [5, 5.41) is 7.10. The lowest BCUT2D eigenvalue weighted by atomic mass is 10.1. The minimum Gasteiger partial charge on any atom is -0.497 e. The Morgan fingerprint density at radius 3 is 2.42 bits per heavy atom. The third-order valence-corrected chi connectivity index (χ3v) is 4.02. The lowest BCUT2D eigenvalue weighted by Crippen LogP contribution is -2.35. The molecule has 0 spiro atoms. The Hall–Kier alpha value is -2.27. The first-order chi connectivity index (χ1) is 11.6. The van der Waals surface area contributed by atoms with E-state index >= 15 is 0 Å². The number of rotatable bonds is 7. The molecule has 24 heavy (non-hydrogen) atoms. The van der Waals surface area contributed by atoms with E-state index < -0.39 is 0 Å². The third kappa shape index (κ3) is 5.42. The number of methoxy groups -OCH3 is 2. The van der Waals surface area contributed by atoms with Gasteiger partial charge >= 0.3 is 0 Å². The zero-order valence-electron chi connectivity index (χ0n) is 14.4. The second-order valence-electron chi connectivity index (χ2n) is 5.52. The summed E-state index contributed by atoms with van der Waals surface area (Å²) in [5.74, 6) is 1.77. The Bertz CT molecular complexity index is 672. The van der Waals surface area contributed by atoms with Gasteiger partial charge in [0.1, 0.15) is 11.5 Å². The summed E-state index contributed by atoms with van der Waals surface area (Å²) in [7, 11) is 3.36. The summed E-state index contributed by atoms with van der Waals surface area (Å²) in [6, 6.07) is 14.1. The molecule has 0 radical (unpaired) electrons. The Labute approximate surface area is 149 Å². The van der Waals surface area contributed by atoms with Gasteiger partial charge in [0.25, 0.3) is 0 Å². The Balaban J connectivity index is 1.76. The number of hydrogen-bond acceptors (Lipinski definition) is 3. The molecule has 0 saturated heterocycles. The zero-order valence-corrected chi connectivity index (χ0v) is 15.2. The van der Waals surface area contributed by atoms with Crippen LogP contribution in [0.15, 0.2) is 42.5 Å². The van der Waals surface area contributed by atoms with Crippen LogP contribution >= 0.6 is 12.2 Å². The molecule has 2 aromatic rings. The standard InChI is InChI=1S/C19H24N2O2S/c1-14-4-9-18(23-3)16(12-14)10-11-20-19(24)21-13-15-5-7-17(22-2)8-6-15/h4-9,12H,10-11,13H2,1-3H3,(H2,20,21,24). The average Bonchev–Trinajstić information content (AvgIpc) is 2.60. The molecule has 0 aromatic heterocycles. The molecule has 0 atom stereocenters. The van der Waals surface area contributed by atoms with Crippen LogP contribution in [0.1, 0.15) is 16.7 Å². The number of benzene rings is 2. The second kappa shape index (κ2) is 9.13. The largest absolute Gasteiger partial charge is 0.497 e. The van der Waals surface area contributed by atoms with E-state index in [1.54, 1.807) is 14.2 Å². The van der Waals surface area contributed by atoms with Crippen LogP contribution in [0, 0.1) is 6.92 Å². The van der Waals surface area contributed by atoms with Crippen molar-refractivity contribution in [2.75, 3.05) is 20.8 Å².